The van der Waals surface area contributed by atoms with Crippen LogP contribution in [0.3, 0.4) is 0 Å². The number of nitrogen functional groups attached to an aromatic ring is 1. The second-order valence-corrected chi connectivity index (χ2v) is 15.6. The molecule has 0 aliphatic carbocycles. The summed E-state index contributed by atoms with van der Waals surface area (Å²) in [5.74, 6) is -1.38. The SMILES string of the molecule is N=C1N=C2C(N=NN2[C@@H]2O[C@@H]3COP(O)(=S)O[C@H]4[C@H](F)[C@H](n5cnc6c(N)ncnc65)O[C@@H]4COP(O)(=S)O[C@@H]2[C@H]3F)C(=O)N1. The average molecular weight is 712 g/mol. The number of carbonyl (C=O) groups is 1. The Labute approximate surface area is 259 Å². The first-order chi connectivity index (χ1) is 21.3. The maximum Gasteiger partial charge on any atom is 0.325 e. The molecule has 20 nitrogen and oxygen atoms in total. The Bertz CT molecular complexity index is 1740. The zero-order valence-electron chi connectivity index (χ0n) is 22.1. The molecule has 2 aromatic heterocycles. The Morgan fingerprint density at radius 3 is 2.47 bits per heavy atom. The lowest BCUT2D eigenvalue weighted by atomic mass is 10.1. The van der Waals surface area contributed by atoms with Crippen LogP contribution in [0.1, 0.15) is 6.23 Å². The number of aliphatic imine (C=N–C) groups is 1. The van der Waals surface area contributed by atoms with Gasteiger partial charge in [0.2, 0.25) is 12.0 Å². The van der Waals surface area contributed by atoms with Crippen molar-refractivity contribution < 1.29 is 50.9 Å². The summed E-state index contributed by atoms with van der Waals surface area (Å²) in [5, 5.41) is 18.4. The summed E-state index contributed by atoms with van der Waals surface area (Å²) in [6.07, 6.45) is -11.1. The molecule has 7 heterocycles. The van der Waals surface area contributed by atoms with Gasteiger partial charge in [-0.2, -0.15) is 10.0 Å². The number of hydrogen-bond donors (Lipinski definition) is 5. The molecule has 5 aliphatic heterocycles. The number of fused-ring (bicyclic) bond motifs is 5. The number of aromatic nitrogens is 4. The smallest absolute Gasteiger partial charge is 0.325 e. The normalized spacial score (nSPS) is 42.0. The monoisotopic (exact) mass is 711 g/mol. The summed E-state index contributed by atoms with van der Waals surface area (Å²) in [4.78, 5) is 50.0. The van der Waals surface area contributed by atoms with Crippen LogP contribution < -0.4 is 11.1 Å². The fourth-order valence-electron chi connectivity index (χ4n) is 5.20. The Hall–Kier alpha value is -2.60. The predicted molar refractivity (Wildman–Crippen MR) is 151 cm³/mol. The Morgan fingerprint density at radius 2 is 1.71 bits per heavy atom. The number of alkyl halides is 2. The van der Waals surface area contributed by atoms with E-state index in [0.717, 1.165) is 11.3 Å². The van der Waals surface area contributed by atoms with E-state index in [0.29, 0.717) is 0 Å². The van der Waals surface area contributed by atoms with Crippen LogP contribution in [-0.2, 0) is 56.0 Å². The van der Waals surface area contributed by atoms with Gasteiger partial charge in [0.25, 0.3) is 5.91 Å². The van der Waals surface area contributed by atoms with Gasteiger partial charge in [-0.1, -0.05) is 5.22 Å². The molecule has 3 saturated heterocycles. The van der Waals surface area contributed by atoms with Gasteiger partial charge in [-0.3, -0.25) is 29.1 Å². The zero-order chi connectivity index (χ0) is 31.8. The molecule has 2 bridgehead atoms. The Kier molecular flexibility index (Phi) is 7.78. The van der Waals surface area contributed by atoms with Crippen molar-refractivity contribution in [3.63, 3.8) is 0 Å². The number of halogens is 2. The summed E-state index contributed by atoms with van der Waals surface area (Å²) in [6, 6.07) is -1.26. The van der Waals surface area contributed by atoms with Gasteiger partial charge in [0, 0.05) is 0 Å². The average Bonchev–Trinajstić information content (AvgIpc) is 3.72. The predicted octanol–water partition coefficient (Wildman–Crippen LogP) is -0.528. The second-order valence-electron chi connectivity index (χ2n) is 10.0. The molecular weight excluding hydrogens is 690 g/mol. The van der Waals surface area contributed by atoms with E-state index in [4.69, 9.17) is 62.3 Å². The number of imidazole rings is 1. The molecule has 6 N–H and O–H groups in total. The third kappa shape index (κ3) is 5.57. The lowest BCUT2D eigenvalue weighted by Gasteiger charge is -2.30. The highest BCUT2D eigenvalue weighted by Gasteiger charge is 2.56. The second kappa shape index (κ2) is 11.3. The highest BCUT2D eigenvalue weighted by Crippen LogP contribution is 2.54. The highest BCUT2D eigenvalue weighted by molar-refractivity contribution is 8.07. The molecule has 5 aliphatic rings. The number of nitrogens with one attached hydrogen (secondary N) is 2. The van der Waals surface area contributed by atoms with Gasteiger partial charge in [-0.15, -0.1) is 5.11 Å². The minimum absolute atomic E-state index is 0.0380. The van der Waals surface area contributed by atoms with Crippen LogP contribution in [0.2, 0.25) is 0 Å². The number of amidine groups is 1. The van der Waals surface area contributed by atoms with E-state index >= 15 is 8.78 Å². The van der Waals surface area contributed by atoms with E-state index in [1.165, 1.54) is 10.9 Å². The van der Waals surface area contributed by atoms with Gasteiger partial charge in [0.1, 0.15) is 36.3 Å². The topological polar surface area (TPSA) is 259 Å². The molecule has 0 aromatic carbocycles. The van der Waals surface area contributed by atoms with E-state index in [-0.39, 0.29) is 22.8 Å². The third-order valence-electron chi connectivity index (χ3n) is 7.21. The van der Waals surface area contributed by atoms with Crippen LogP contribution in [0.4, 0.5) is 14.6 Å². The minimum atomic E-state index is -4.38. The molecule has 26 heteroatoms. The first-order valence-corrected chi connectivity index (χ1v) is 18.0. The van der Waals surface area contributed by atoms with Gasteiger partial charge < -0.3 is 34.0 Å². The number of ether oxygens (including phenoxy) is 2. The van der Waals surface area contributed by atoms with Crippen molar-refractivity contribution >= 4 is 71.7 Å². The number of carbonyl (C=O) groups excluding carboxylic acids is 1. The van der Waals surface area contributed by atoms with Crippen molar-refractivity contribution in [3.05, 3.63) is 12.7 Å². The first kappa shape index (κ1) is 31.0. The molecule has 2 aromatic rings. The van der Waals surface area contributed by atoms with Gasteiger partial charge in [0.05, 0.1) is 19.5 Å². The van der Waals surface area contributed by atoms with E-state index in [1.807, 2.05) is 0 Å². The van der Waals surface area contributed by atoms with Crippen molar-refractivity contribution in [2.75, 3.05) is 18.9 Å². The number of nitrogens with zero attached hydrogens (tertiary/aromatic N) is 8. The molecule has 11 atom stereocenters. The minimum Gasteiger partial charge on any atom is -0.382 e. The van der Waals surface area contributed by atoms with Gasteiger partial charge in [-0.25, -0.2) is 23.7 Å². The van der Waals surface area contributed by atoms with Crippen LogP contribution >= 0.6 is 13.4 Å². The number of rotatable bonds is 2. The van der Waals surface area contributed by atoms with E-state index < -0.39 is 93.8 Å². The maximum atomic E-state index is 16.0. The summed E-state index contributed by atoms with van der Waals surface area (Å²) in [5.41, 5.74) is 6.14. The molecule has 0 spiro atoms. The highest BCUT2D eigenvalue weighted by atomic mass is 32.5. The summed E-state index contributed by atoms with van der Waals surface area (Å²) in [6.45, 7) is -10.1. The molecule has 3 fully saturated rings. The van der Waals surface area contributed by atoms with Gasteiger partial charge in [0.15, 0.2) is 42.1 Å². The van der Waals surface area contributed by atoms with E-state index in [2.05, 4.69) is 35.6 Å². The number of anilines is 1. The molecule has 1 amide bonds. The molecule has 3 unspecified atom stereocenters. The van der Waals surface area contributed by atoms with Gasteiger partial charge >= 0.3 is 13.4 Å². The van der Waals surface area contributed by atoms with Crippen LogP contribution in [0.5, 0.6) is 0 Å². The standard InChI is InChI=1S/C19H21F2N11O9P2S2/c20-7-5-1-36-42(34,44)40-11-6(39-17(8(11)21)31-4-26-9-13(22)24-3-25-14(9)31)2-37-43(35,45)41-12(7)18(38-5)32-15-10(29-30-32)16(33)28-19(23)27-15/h3-8,10-12,17-18H,1-2H2,(H,34,44)(H,35,45)(H2,22,24,25)(H2,23,28,33)/t5-,6-,7+,8+,10?,11-,12-,17-,18-,42?,43?/m1/s1. The summed E-state index contributed by atoms with van der Waals surface area (Å²) in [7, 11) is 0. The molecule has 0 saturated carbocycles. The van der Waals surface area contributed by atoms with Crippen molar-refractivity contribution in [2.45, 2.75) is 55.3 Å². The van der Waals surface area contributed by atoms with Crippen LogP contribution in [0, 0.1) is 5.41 Å². The first-order valence-electron chi connectivity index (χ1n) is 12.8. The van der Waals surface area contributed by atoms with Crippen molar-refractivity contribution in [3.8, 4) is 0 Å². The van der Waals surface area contributed by atoms with Gasteiger partial charge in [-0.05, 0) is 23.6 Å². The van der Waals surface area contributed by atoms with Crippen LogP contribution in [0.25, 0.3) is 11.2 Å². The summed E-state index contributed by atoms with van der Waals surface area (Å²) < 4.78 is 66.5. The third-order valence-corrected chi connectivity index (χ3v) is 10.3. The van der Waals surface area contributed by atoms with Crippen LogP contribution in [-0.4, -0.2) is 114 Å². The molecule has 242 valence electrons. The Morgan fingerprint density at radius 1 is 1.02 bits per heavy atom. The van der Waals surface area contributed by atoms with Crippen molar-refractivity contribution in [2.24, 2.45) is 15.3 Å². The van der Waals surface area contributed by atoms with E-state index in [1.54, 1.807) is 0 Å². The summed E-state index contributed by atoms with van der Waals surface area (Å²) >= 11 is 10.2. The lowest BCUT2D eigenvalue weighted by molar-refractivity contribution is -0.119. The maximum absolute atomic E-state index is 16.0. The molecular formula is C19H21F2N11O9P2S2. The fraction of sp³-hybridized carbons (Fsp3) is 0.579. The molecule has 0 radical (unpaired) electrons. The molecule has 7 rings (SSSR count). The van der Waals surface area contributed by atoms with Crippen molar-refractivity contribution in [1.29, 1.82) is 5.41 Å². The number of amides is 1. The molecule has 45 heavy (non-hydrogen) atoms. The zero-order valence-corrected chi connectivity index (χ0v) is 25.6. The number of nitrogens with two attached hydrogens (primary N) is 1. The largest absolute Gasteiger partial charge is 0.382 e. The number of hydrogen-bond acceptors (Lipinski definition) is 17. The Balaban J connectivity index is 1.17. The lowest BCUT2D eigenvalue weighted by Crippen LogP contribution is -2.52. The number of guanidine groups is 1. The fourth-order valence-corrected chi connectivity index (χ4v) is 8.04. The van der Waals surface area contributed by atoms with Crippen LogP contribution in [0.15, 0.2) is 28.0 Å². The quantitative estimate of drug-likeness (QED) is 0.245. The van der Waals surface area contributed by atoms with E-state index in [9.17, 15) is 14.6 Å². The van der Waals surface area contributed by atoms with Crippen molar-refractivity contribution in [1.82, 2.24) is 29.8 Å².